The average molecular weight is 531 g/mol. The maximum absolute atomic E-state index is 12.9. The van der Waals surface area contributed by atoms with E-state index in [1.165, 1.54) is 19.1 Å². The van der Waals surface area contributed by atoms with Crippen molar-refractivity contribution in [2.45, 2.75) is 96.8 Å². The molecule has 2 aliphatic rings. The van der Waals surface area contributed by atoms with Crippen LogP contribution in [0, 0.1) is 11.3 Å². The standard InChI is InChI=1S/C30H43ClN2O4/c1-7-8-19(2)13-24(31)18-32-25(34)16-22(11-12-26(35)36-6)28-27(21-9-10-21)29(37-33-28)23-14-20(15-23)17-30(3,4)5/h7-8,13,20-23H,1,9-12,14-18H2,2-6H3,(H,32,34)/b19-8-,24-13+. The highest BCUT2D eigenvalue weighted by Gasteiger charge is 2.42. The fourth-order valence-corrected chi connectivity index (χ4v) is 5.66. The number of allylic oxidation sites excluding steroid dienone is 4. The van der Waals surface area contributed by atoms with Gasteiger partial charge in [0.15, 0.2) is 0 Å². The summed E-state index contributed by atoms with van der Waals surface area (Å²) in [5, 5.41) is 7.97. The summed E-state index contributed by atoms with van der Waals surface area (Å²) in [5.41, 5.74) is 3.33. The van der Waals surface area contributed by atoms with E-state index >= 15 is 0 Å². The Labute approximate surface area is 226 Å². The van der Waals surface area contributed by atoms with Crippen molar-refractivity contribution in [1.82, 2.24) is 10.5 Å². The number of methoxy groups -OCH3 is 1. The van der Waals surface area contributed by atoms with Gasteiger partial charge in [0.25, 0.3) is 0 Å². The average Bonchev–Trinajstić information content (AvgIpc) is 3.55. The molecular weight excluding hydrogens is 488 g/mol. The van der Waals surface area contributed by atoms with Crippen LogP contribution in [-0.2, 0) is 14.3 Å². The van der Waals surface area contributed by atoms with Crippen LogP contribution < -0.4 is 5.32 Å². The summed E-state index contributed by atoms with van der Waals surface area (Å²) in [6.45, 7) is 12.7. The Morgan fingerprint density at radius 1 is 1.27 bits per heavy atom. The van der Waals surface area contributed by atoms with Gasteiger partial charge in [-0.3, -0.25) is 9.59 Å². The molecule has 1 aromatic rings. The number of hydrogen-bond acceptors (Lipinski definition) is 5. The molecule has 6 nitrogen and oxygen atoms in total. The van der Waals surface area contributed by atoms with Gasteiger partial charge in [0.2, 0.25) is 5.91 Å². The van der Waals surface area contributed by atoms with E-state index in [1.54, 1.807) is 12.2 Å². The van der Waals surface area contributed by atoms with Crippen LogP contribution in [0.3, 0.4) is 0 Å². The molecule has 0 radical (unpaired) electrons. The predicted molar refractivity (Wildman–Crippen MR) is 148 cm³/mol. The minimum atomic E-state index is -0.290. The molecule has 0 aliphatic heterocycles. The lowest BCUT2D eigenvalue weighted by atomic mass is 9.66. The van der Waals surface area contributed by atoms with Gasteiger partial charge in [-0.15, -0.1) is 0 Å². The van der Waals surface area contributed by atoms with Crippen molar-refractivity contribution in [2.75, 3.05) is 13.7 Å². The van der Waals surface area contributed by atoms with Crippen LogP contribution in [0.2, 0.25) is 0 Å². The molecule has 2 saturated carbocycles. The van der Waals surface area contributed by atoms with E-state index in [0.29, 0.717) is 34.6 Å². The van der Waals surface area contributed by atoms with Crippen LogP contribution in [0.4, 0.5) is 0 Å². The molecule has 204 valence electrons. The number of esters is 1. The van der Waals surface area contributed by atoms with E-state index in [2.05, 4.69) is 37.8 Å². The Hall–Kier alpha value is -2.34. The molecule has 1 heterocycles. The summed E-state index contributed by atoms with van der Waals surface area (Å²) in [4.78, 5) is 24.9. The minimum absolute atomic E-state index is 0.132. The lowest BCUT2D eigenvalue weighted by Gasteiger charge is -2.38. The molecule has 1 amide bonds. The van der Waals surface area contributed by atoms with Crippen LogP contribution >= 0.6 is 11.6 Å². The zero-order chi connectivity index (χ0) is 27.2. The molecule has 3 rings (SSSR count). The number of carbonyl (C=O) groups excluding carboxylic acids is 2. The fourth-order valence-electron chi connectivity index (χ4n) is 5.42. The van der Waals surface area contributed by atoms with Gasteiger partial charge < -0.3 is 14.6 Å². The lowest BCUT2D eigenvalue weighted by Crippen LogP contribution is -2.27. The highest BCUT2D eigenvalue weighted by molar-refractivity contribution is 6.30. The minimum Gasteiger partial charge on any atom is -0.469 e. The quantitative estimate of drug-likeness (QED) is 0.214. The first-order valence-electron chi connectivity index (χ1n) is 13.5. The summed E-state index contributed by atoms with van der Waals surface area (Å²) in [6.07, 6.45) is 12.0. The maximum Gasteiger partial charge on any atom is 0.305 e. The van der Waals surface area contributed by atoms with Gasteiger partial charge in [0, 0.05) is 35.3 Å². The van der Waals surface area contributed by atoms with Crippen LogP contribution in [0.25, 0.3) is 0 Å². The summed E-state index contributed by atoms with van der Waals surface area (Å²) in [7, 11) is 1.38. The topological polar surface area (TPSA) is 81.4 Å². The Balaban J connectivity index is 1.73. The van der Waals surface area contributed by atoms with Gasteiger partial charge >= 0.3 is 5.97 Å². The highest BCUT2D eigenvalue weighted by Crippen LogP contribution is 2.53. The van der Waals surface area contributed by atoms with Crippen molar-refractivity contribution in [3.05, 3.63) is 52.4 Å². The molecule has 1 unspecified atom stereocenters. The first-order chi connectivity index (χ1) is 17.5. The molecule has 1 aromatic heterocycles. The number of amides is 1. The van der Waals surface area contributed by atoms with Crippen LogP contribution in [-0.4, -0.2) is 30.7 Å². The summed E-state index contributed by atoms with van der Waals surface area (Å²) < 4.78 is 10.9. The summed E-state index contributed by atoms with van der Waals surface area (Å²) >= 11 is 6.30. The zero-order valence-electron chi connectivity index (χ0n) is 23.1. The molecule has 2 aliphatic carbocycles. The van der Waals surface area contributed by atoms with Crippen molar-refractivity contribution in [1.29, 1.82) is 0 Å². The van der Waals surface area contributed by atoms with Crippen molar-refractivity contribution in [3.8, 4) is 0 Å². The third-order valence-electron chi connectivity index (χ3n) is 7.24. The number of aromatic nitrogens is 1. The van der Waals surface area contributed by atoms with Crippen LogP contribution in [0.1, 0.15) is 114 Å². The molecule has 2 fully saturated rings. The van der Waals surface area contributed by atoms with Gasteiger partial charge in [0.05, 0.1) is 19.3 Å². The SMILES string of the molecule is C=C/C=C(C)\C=C(\Cl)CNC(=O)CC(CCC(=O)OC)c1noc(C2CC(CC(C)(C)C)C2)c1C1CC1. The third-order valence-corrected chi connectivity index (χ3v) is 7.48. The molecule has 1 N–H and O–H groups in total. The number of nitrogens with one attached hydrogen (secondary N) is 1. The molecule has 1 atom stereocenters. The molecule has 0 saturated heterocycles. The lowest BCUT2D eigenvalue weighted by molar-refractivity contribution is -0.141. The third kappa shape index (κ3) is 8.87. The Morgan fingerprint density at radius 2 is 1.97 bits per heavy atom. The van der Waals surface area contributed by atoms with Crippen molar-refractivity contribution in [2.24, 2.45) is 11.3 Å². The number of nitrogens with zero attached hydrogens (tertiary/aromatic N) is 1. The molecule has 0 aromatic carbocycles. The van der Waals surface area contributed by atoms with Gasteiger partial charge in [-0.1, -0.05) is 56.3 Å². The van der Waals surface area contributed by atoms with Crippen LogP contribution in [0.5, 0.6) is 0 Å². The van der Waals surface area contributed by atoms with E-state index in [1.807, 2.05) is 13.0 Å². The normalized spacial score (nSPS) is 21.2. The highest BCUT2D eigenvalue weighted by atomic mass is 35.5. The molecule has 37 heavy (non-hydrogen) atoms. The van der Waals surface area contributed by atoms with Crippen molar-refractivity contribution in [3.63, 3.8) is 0 Å². The summed E-state index contributed by atoms with van der Waals surface area (Å²) in [6, 6.07) is 0. The van der Waals surface area contributed by atoms with E-state index < -0.39 is 0 Å². The van der Waals surface area contributed by atoms with E-state index in [4.69, 9.17) is 20.9 Å². The Morgan fingerprint density at radius 3 is 2.57 bits per heavy atom. The number of rotatable bonds is 13. The number of halogens is 1. The molecule has 0 bridgehead atoms. The summed E-state index contributed by atoms with van der Waals surface area (Å²) in [5.74, 6) is 1.93. The molecule has 7 heteroatoms. The molecular formula is C30H43ClN2O4. The van der Waals surface area contributed by atoms with E-state index in [9.17, 15) is 9.59 Å². The second-order valence-corrected chi connectivity index (χ2v) is 12.4. The van der Waals surface area contributed by atoms with Crippen LogP contribution in [0.15, 0.2) is 39.9 Å². The van der Waals surface area contributed by atoms with Gasteiger partial charge in [-0.05, 0) is 74.3 Å². The smallest absolute Gasteiger partial charge is 0.305 e. The molecule has 0 spiro atoms. The second kappa shape index (κ2) is 12.9. The first-order valence-corrected chi connectivity index (χ1v) is 13.9. The fraction of sp³-hybridized carbons (Fsp3) is 0.633. The first kappa shape index (κ1) is 29.2. The number of hydrogen-bond donors (Lipinski definition) is 1. The zero-order valence-corrected chi connectivity index (χ0v) is 23.8. The number of ether oxygens (including phenoxy) is 1. The second-order valence-electron chi connectivity index (χ2n) is 11.9. The van der Waals surface area contributed by atoms with E-state index in [-0.39, 0.29) is 37.2 Å². The van der Waals surface area contributed by atoms with Crippen molar-refractivity contribution < 1.29 is 18.8 Å². The van der Waals surface area contributed by atoms with Gasteiger partial charge in [0.1, 0.15) is 5.76 Å². The largest absolute Gasteiger partial charge is 0.469 e. The van der Waals surface area contributed by atoms with Gasteiger partial charge in [-0.25, -0.2) is 0 Å². The van der Waals surface area contributed by atoms with Gasteiger partial charge in [-0.2, -0.15) is 0 Å². The van der Waals surface area contributed by atoms with Crippen molar-refractivity contribution >= 4 is 23.5 Å². The number of carbonyl (C=O) groups is 2. The Bertz CT molecular complexity index is 1020. The maximum atomic E-state index is 12.9. The Kier molecular flexibility index (Phi) is 10.2. The predicted octanol–water partition coefficient (Wildman–Crippen LogP) is 7.28. The monoisotopic (exact) mass is 530 g/mol. The van der Waals surface area contributed by atoms with E-state index in [0.717, 1.165) is 42.7 Å².